The summed E-state index contributed by atoms with van der Waals surface area (Å²) in [6, 6.07) is 15.1. The Kier molecular flexibility index (Phi) is 9.10. The summed E-state index contributed by atoms with van der Waals surface area (Å²) in [5.41, 5.74) is 2.24. The van der Waals surface area contributed by atoms with E-state index < -0.39 is 0 Å². The third kappa shape index (κ3) is 7.05. The minimum absolute atomic E-state index is 0.0379. The first-order chi connectivity index (χ1) is 17.8. The minimum atomic E-state index is -0.0843. The number of nitrogens with zero attached hydrogens (tertiary/aromatic N) is 5. The van der Waals surface area contributed by atoms with Gasteiger partial charge in [-0.3, -0.25) is 14.2 Å². The van der Waals surface area contributed by atoms with Gasteiger partial charge in [-0.25, -0.2) is 0 Å². The number of benzene rings is 2. The molecule has 0 N–H and O–H groups in total. The molecule has 0 bridgehead atoms. The highest BCUT2D eigenvalue weighted by Crippen LogP contribution is 2.23. The van der Waals surface area contributed by atoms with Crippen LogP contribution in [0.25, 0.3) is 5.69 Å². The molecule has 1 atom stereocenters. The molecular formula is C27H32ClN5O3S. The second-order valence-electron chi connectivity index (χ2n) is 9.17. The largest absolute Gasteiger partial charge is 0.484 e. The fourth-order valence-corrected chi connectivity index (χ4v) is 5.35. The maximum absolute atomic E-state index is 12.8. The molecule has 1 aliphatic heterocycles. The monoisotopic (exact) mass is 541 g/mol. The van der Waals surface area contributed by atoms with Crippen LogP contribution in [-0.2, 0) is 9.59 Å². The third-order valence-electron chi connectivity index (χ3n) is 6.33. The Balaban J connectivity index is 1.20. The summed E-state index contributed by atoms with van der Waals surface area (Å²) in [6.45, 7) is 7.49. The van der Waals surface area contributed by atoms with Gasteiger partial charge in [0.1, 0.15) is 11.6 Å². The second-order valence-corrected chi connectivity index (χ2v) is 10.7. The van der Waals surface area contributed by atoms with Crippen molar-refractivity contribution in [3.63, 3.8) is 0 Å². The summed E-state index contributed by atoms with van der Waals surface area (Å²) >= 11 is 7.50. The number of aryl methyl sites for hydroxylation is 2. The summed E-state index contributed by atoms with van der Waals surface area (Å²) in [5, 5.41) is 10.0. The lowest BCUT2D eigenvalue weighted by Gasteiger charge is -2.39. The number of amides is 2. The zero-order valence-corrected chi connectivity index (χ0v) is 23.0. The number of carbonyl (C=O) groups excluding carboxylic acids is 2. The van der Waals surface area contributed by atoms with E-state index in [-0.39, 0.29) is 24.5 Å². The number of hydrogen-bond donors (Lipinski definition) is 0. The Morgan fingerprint density at radius 3 is 2.46 bits per heavy atom. The highest BCUT2D eigenvalue weighted by Gasteiger charge is 2.29. The highest BCUT2D eigenvalue weighted by molar-refractivity contribution is 7.99. The molecule has 2 heterocycles. The fourth-order valence-electron chi connectivity index (χ4n) is 4.29. The first-order valence-electron chi connectivity index (χ1n) is 12.4. The average Bonchev–Trinajstić information content (AvgIpc) is 3.26. The van der Waals surface area contributed by atoms with Crippen LogP contribution in [0.5, 0.6) is 5.75 Å². The van der Waals surface area contributed by atoms with Crippen molar-refractivity contribution in [2.45, 2.75) is 44.8 Å². The molecule has 10 heteroatoms. The molecule has 0 spiro atoms. The van der Waals surface area contributed by atoms with E-state index in [1.807, 2.05) is 23.3 Å². The van der Waals surface area contributed by atoms with Crippen molar-refractivity contribution in [3.8, 4) is 11.4 Å². The molecule has 4 rings (SSSR count). The Morgan fingerprint density at radius 2 is 1.76 bits per heavy atom. The molecule has 8 nitrogen and oxygen atoms in total. The van der Waals surface area contributed by atoms with E-state index >= 15 is 0 Å². The minimum Gasteiger partial charge on any atom is -0.484 e. The van der Waals surface area contributed by atoms with E-state index in [9.17, 15) is 9.59 Å². The van der Waals surface area contributed by atoms with E-state index in [4.69, 9.17) is 16.3 Å². The van der Waals surface area contributed by atoms with E-state index in [1.165, 1.54) is 5.56 Å². The quantitative estimate of drug-likeness (QED) is 0.292. The number of carbonyl (C=O) groups is 2. The van der Waals surface area contributed by atoms with E-state index in [0.29, 0.717) is 36.8 Å². The van der Waals surface area contributed by atoms with Gasteiger partial charge in [0.05, 0.1) is 0 Å². The standard InChI is InChI=1S/C27H32ClN5O3S/c1-19-6-10-23(11-7-19)33-21(3)29-30-27(33)37-16-4-5-25(34)31-14-15-32(20(2)17-31)26(35)18-36-24-12-8-22(28)9-13-24/h6-13,20H,4-5,14-18H2,1-3H3. The first kappa shape index (κ1) is 27.0. The molecule has 0 radical (unpaired) electrons. The molecule has 37 heavy (non-hydrogen) atoms. The van der Waals surface area contributed by atoms with Crippen LogP contribution < -0.4 is 4.74 Å². The van der Waals surface area contributed by atoms with Gasteiger partial charge in [0.25, 0.3) is 5.91 Å². The summed E-state index contributed by atoms with van der Waals surface area (Å²) in [4.78, 5) is 29.2. The van der Waals surface area contributed by atoms with Crippen LogP contribution in [0.2, 0.25) is 5.02 Å². The Bertz CT molecular complexity index is 1220. The number of halogens is 1. The molecular weight excluding hydrogens is 510 g/mol. The SMILES string of the molecule is Cc1ccc(-n2c(C)nnc2SCCCC(=O)N2CCN(C(=O)COc3ccc(Cl)cc3)C(C)C2)cc1. The van der Waals surface area contributed by atoms with Gasteiger partial charge in [-0.05, 0) is 63.6 Å². The van der Waals surface area contributed by atoms with Crippen LogP contribution in [0, 0.1) is 13.8 Å². The molecule has 196 valence electrons. The topological polar surface area (TPSA) is 80.6 Å². The van der Waals surface area contributed by atoms with Crippen LogP contribution in [0.15, 0.2) is 53.7 Å². The molecule has 1 fully saturated rings. The Hall–Kier alpha value is -3.04. The zero-order valence-electron chi connectivity index (χ0n) is 21.4. The van der Waals surface area contributed by atoms with Crippen molar-refractivity contribution >= 4 is 35.2 Å². The van der Waals surface area contributed by atoms with Gasteiger partial charge in [-0.1, -0.05) is 41.1 Å². The molecule has 1 aromatic heterocycles. The van der Waals surface area contributed by atoms with Crippen LogP contribution >= 0.6 is 23.4 Å². The molecule has 0 saturated carbocycles. The number of hydrogen-bond acceptors (Lipinski definition) is 6. The summed E-state index contributed by atoms with van der Waals surface area (Å²) in [6.07, 6.45) is 1.21. The van der Waals surface area contributed by atoms with E-state index in [2.05, 4.69) is 41.4 Å². The number of ether oxygens (including phenoxy) is 1. The maximum Gasteiger partial charge on any atom is 0.260 e. The van der Waals surface area contributed by atoms with E-state index in [1.54, 1.807) is 40.9 Å². The zero-order chi connectivity index (χ0) is 26.4. The smallest absolute Gasteiger partial charge is 0.260 e. The van der Waals surface area contributed by atoms with Crippen LogP contribution in [0.1, 0.15) is 31.2 Å². The van der Waals surface area contributed by atoms with Crippen molar-refractivity contribution < 1.29 is 14.3 Å². The molecule has 1 unspecified atom stereocenters. The highest BCUT2D eigenvalue weighted by atomic mass is 35.5. The summed E-state index contributed by atoms with van der Waals surface area (Å²) in [5.74, 6) is 2.24. The number of rotatable bonds is 9. The van der Waals surface area contributed by atoms with Gasteiger partial charge >= 0.3 is 0 Å². The molecule has 1 aliphatic rings. The van der Waals surface area contributed by atoms with Gasteiger partial charge in [0.15, 0.2) is 11.8 Å². The predicted octanol–water partition coefficient (Wildman–Crippen LogP) is 4.55. The first-order valence-corrected chi connectivity index (χ1v) is 13.8. The van der Waals surface area contributed by atoms with Crippen molar-refractivity contribution in [2.24, 2.45) is 0 Å². The van der Waals surface area contributed by atoms with Gasteiger partial charge in [-0.2, -0.15) is 0 Å². The average molecular weight is 542 g/mol. The molecule has 0 aliphatic carbocycles. The van der Waals surface area contributed by atoms with Crippen molar-refractivity contribution in [1.82, 2.24) is 24.6 Å². The summed E-state index contributed by atoms with van der Waals surface area (Å²) < 4.78 is 7.64. The number of thioether (sulfide) groups is 1. The number of aromatic nitrogens is 3. The van der Waals surface area contributed by atoms with Gasteiger partial charge in [0, 0.05) is 48.6 Å². The molecule has 3 aromatic rings. The van der Waals surface area contributed by atoms with Gasteiger partial charge in [0.2, 0.25) is 5.91 Å². The summed E-state index contributed by atoms with van der Waals surface area (Å²) in [7, 11) is 0. The van der Waals surface area contributed by atoms with E-state index in [0.717, 1.165) is 28.8 Å². The lowest BCUT2D eigenvalue weighted by molar-refractivity contribution is -0.143. The van der Waals surface area contributed by atoms with Crippen molar-refractivity contribution in [3.05, 3.63) is 64.9 Å². The van der Waals surface area contributed by atoms with Crippen LogP contribution in [0.4, 0.5) is 0 Å². The van der Waals surface area contributed by atoms with Gasteiger partial charge in [-0.15, -0.1) is 10.2 Å². The Labute approximate surface area is 226 Å². The number of piperazine rings is 1. The third-order valence-corrected chi connectivity index (χ3v) is 7.60. The lowest BCUT2D eigenvalue weighted by Crippen LogP contribution is -2.56. The second kappa shape index (κ2) is 12.5. The molecule has 1 saturated heterocycles. The predicted molar refractivity (Wildman–Crippen MR) is 145 cm³/mol. The maximum atomic E-state index is 12.8. The molecule has 2 amide bonds. The fraction of sp³-hybridized carbons (Fsp3) is 0.407. The molecule has 2 aromatic carbocycles. The van der Waals surface area contributed by atoms with Gasteiger partial charge < -0.3 is 14.5 Å². The van der Waals surface area contributed by atoms with Crippen LogP contribution in [-0.4, -0.2) is 74.4 Å². The normalized spacial score (nSPS) is 15.6. The Morgan fingerprint density at radius 1 is 1.03 bits per heavy atom. The van der Waals surface area contributed by atoms with Crippen LogP contribution in [0.3, 0.4) is 0 Å². The van der Waals surface area contributed by atoms with Crippen molar-refractivity contribution in [2.75, 3.05) is 32.0 Å². The lowest BCUT2D eigenvalue weighted by atomic mass is 10.1. The van der Waals surface area contributed by atoms with Crippen molar-refractivity contribution in [1.29, 1.82) is 0 Å².